The average Bonchev–Trinajstić information content (AvgIpc) is 2.51. The first-order valence-corrected chi connectivity index (χ1v) is 5.79. The molecule has 0 spiro atoms. The molecular weight excluding hydrogens is 254 g/mol. The fourth-order valence-electron chi connectivity index (χ4n) is 0.869. The largest absolute Gasteiger partial charge is 0.347 e. The monoisotopic (exact) mass is 265 g/mol. The molecule has 0 saturated heterocycles. The van der Waals surface area contributed by atoms with Crippen LogP contribution in [0.1, 0.15) is 25.1 Å². The number of thiazole rings is 1. The lowest BCUT2D eigenvalue weighted by Crippen LogP contribution is -2.08. The van der Waals surface area contributed by atoms with Crippen molar-refractivity contribution < 1.29 is 9.47 Å². The molecule has 0 aromatic carbocycles. The van der Waals surface area contributed by atoms with E-state index in [1.54, 1.807) is 0 Å². The van der Waals surface area contributed by atoms with E-state index in [1.165, 1.54) is 11.3 Å². The highest BCUT2D eigenvalue weighted by Crippen LogP contribution is 2.24. The normalized spacial score (nSPS) is 11.1. The predicted molar refractivity (Wildman–Crippen MR) is 55.8 cm³/mol. The minimum atomic E-state index is -0.314. The van der Waals surface area contributed by atoms with Gasteiger partial charge in [0.2, 0.25) is 6.29 Å². The Morgan fingerprint density at radius 3 is 2.46 bits per heavy atom. The number of aromatic nitrogens is 1. The first kappa shape index (κ1) is 11.1. The molecule has 0 fully saturated rings. The van der Waals surface area contributed by atoms with Gasteiger partial charge in [-0.1, -0.05) is 0 Å². The van der Waals surface area contributed by atoms with Gasteiger partial charge in [0.05, 0.1) is 0 Å². The first-order valence-electron chi connectivity index (χ1n) is 4.12. The number of ether oxygens (including phenoxy) is 2. The highest BCUT2D eigenvalue weighted by atomic mass is 79.9. The van der Waals surface area contributed by atoms with Crippen molar-refractivity contribution in [2.75, 3.05) is 13.2 Å². The van der Waals surface area contributed by atoms with Gasteiger partial charge in [-0.2, -0.15) is 0 Å². The maximum Gasteiger partial charge on any atom is 0.210 e. The van der Waals surface area contributed by atoms with E-state index < -0.39 is 0 Å². The average molecular weight is 266 g/mol. The molecule has 1 aromatic rings. The van der Waals surface area contributed by atoms with Crippen molar-refractivity contribution in [2.45, 2.75) is 20.1 Å². The minimum Gasteiger partial charge on any atom is -0.347 e. The molecule has 1 heterocycles. The molecule has 0 radical (unpaired) electrons. The second kappa shape index (κ2) is 5.70. The number of hydrogen-bond donors (Lipinski definition) is 0. The van der Waals surface area contributed by atoms with Gasteiger partial charge in [0.1, 0.15) is 4.60 Å². The molecule has 74 valence electrons. The van der Waals surface area contributed by atoms with Gasteiger partial charge >= 0.3 is 0 Å². The van der Waals surface area contributed by atoms with Crippen LogP contribution in [-0.4, -0.2) is 18.2 Å². The van der Waals surface area contributed by atoms with E-state index >= 15 is 0 Å². The summed E-state index contributed by atoms with van der Waals surface area (Å²) in [6.45, 7) is 5.13. The Balaban J connectivity index is 2.63. The fraction of sp³-hybridized carbons (Fsp3) is 0.625. The van der Waals surface area contributed by atoms with Crippen LogP contribution < -0.4 is 0 Å². The summed E-state index contributed by atoms with van der Waals surface area (Å²) in [4.78, 5) is 4.23. The SMILES string of the molecule is CCOC(OCC)c1nc(Br)cs1. The van der Waals surface area contributed by atoms with Crippen molar-refractivity contribution in [3.63, 3.8) is 0 Å². The molecule has 0 aliphatic heterocycles. The quantitative estimate of drug-likeness (QED) is 0.768. The van der Waals surface area contributed by atoms with Crippen LogP contribution in [0.4, 0.5) is 0 Å². The lowest BCUT2D eigenvalue weighted by Gasteiger charge is -2.13. The van der Waals surface area contributed by atoms with Crippen LogP contribution in [0, 0.1) is 0 Å². The second-order valence-electron chi connectivity index (χ2n) is 2.25. The Morgan fingerprint density at radius 2 is 2.08 bits per heavy atom. The Labute approximate surface area is 90.2 Å². The van der Waals surface area contributed by atoms with E-state index in [0.29, 0.717) is 13.2 Å². The second-order valence-corrected chi connectivity index (χ2v) is 3.95. The van der Waals surface area contributed by atoms with Crippen LogP contribution in [0.5, 0.6) is 0 Å². The zero-order valence-corrected chi connectivity index (χ0v) is 10.0. The van der Waals surface area contributed by atoms with Crippen molar-refractivity contribution in [1.82, 2.24) is 4.98 Å². The van der Waals surface area contributed by atoms with Gasteiger partial charge in [-0.3, -0.25) is 0 Å². The van der Waals surface area contributed by atoms with Crippen LogP contribution >= 0.6 is 27.3 Å². The standard InChI is InChI=1S/C8H12BrNO2S/c1-3-11-8(12-4-2)7-10-6(9)5-13-7/h5,8H,3-4H2,1-2H3. The van der Waals surface area contributed by atoms with E-state index in [1.807, 2.05) is 19.2 Å². The van der Waals surface area contributed by atoms with Crippen molar-refractivity contribution in [3.05, 3.63) is 15.0 Å². The Kier molecular flexibility index (Phi) is 4.87. The Bertz CT molecular complexity index is 248. The van der Waals surface area contributed by atoms with E-state index in [0.717, 1.165) is 9.61 Å². The molecule has 0 saturated carbocycles. The molecule has 13 heavy (non-hydrogen) atoms. The Hall–Kier alpha value is 0.0300. The van der Waals surface area contributed by atoms with Crippen LogP contribution in [-0.2, 0) is 9.47 Å². The molecule has 1 aromatic heterocycles. The van der Waals surface area contributed by atoms with Crippen molar-refractivity contribution >= 4 is 27.3 Å². The van der Waals surface area contributed by atoms with Gasteiger partial charge in [0.15, 0.2) is 5.01 Å². The number of rotatable bonds is 5. The van der Waals surface area contributed by atoms with E-state index in [4.69, 9.17) is 9.47 Å². The van der Waals surface area contributed by atoms with Gasteiger partial charge in [-0.15, -0.1) is 11.3 Å². The molecule has 0 aliphatic carbocycles. The molecule has 0 N–H and O–H groups in total. The minimum absolute atomic E-state index is 0.314. The Morgan fingerprint density at radius 1 is 1.46 bits per heavy atom. The molecule has 0 aliphatic rings. The summed E-state index contributed by atoms with van der Waals surface area (Å²) in [6, 6.07) is 0. The van der Waals surface area contributed by atoms with E-state index in [9.17, 15) is 0 Å². The zero-order chi connectivity index (χ0) is 9.68. The van der Waals surface area contributed by atoms with Gasteiger partial charge in [0.25, 0.3) is 0 Å². The highest BCUT2D eigenvalue weighted by molar-refractivity contribution is 9.10. The molecule has 0 amide bonds. The van der Waals surface area contributed by atoms with Crippen molar-refractivity contribution in [2.24, 2.45) is 0 Å². The lowest BCUT2D eigenvalue weighted by molar-refractivity contribution is -0.140. The number of nitrogens with zero attached hydrogens (tertiary/aromatic N) is 1. The summed E-state index contributed by atoms with van der Waals surface area (Å²) < 4.78 is 11.6. The summed E-state index contributed by atoms with van der Waals surface area (Å²) >= 11 is 4.82. The van der Waals surface area contributed by atoms with Crippen LogP contribution in [0.3, 0.4) is 0 Å². The third-order valence-corrected chi connectivity index (χ3v) is 2.91. The summed E-state index contributed by atoms with van der Waals surface area (Å²) in [5.41, 5.74) is 0. The maximum atomic E-state index is 5.39. The molecule has 0 atom stereocenters. The molecule has 0 bridgehead atoms. The zero-order valence-electron chi connectivity index (χ0n) is 7.62. The third-order valence-electron chi connectivity index (χ3n) is 1.33. The lowest BCUT2D eigenvalue weighted by atomic mass is 10.6. The summed E-state index contributed by atoms with van der Waals surface area (Å²) in [7, 11) is 0. The topological polar surface area (TPSA) is 31.4 Å². The maximum absolute atomic E-state index is 5.39. The van der Waals surface area contributed by atoms with Crippen LogP contribution in [0.25, 0.3) is 0 Å². The summed E-state index contributed by atoms with van der Waals surface area (Å²) in [5, 5.41) is 2.77. The number of hydrogen-bond acceptors (Lipinski definition) is 4. The molecular formula is C8H12BrNO2S. The van der Waals surface area contributed by atoms with E-state index in [-0.39, 0.29) is 6.29 Å². The molecule has 5 heteroatoms. The molecule has 0 unspecified atom stereocenters. The van der Waals surface area contributed by atoms with Crippen LogP contribution in [0.2, 0.25) is 0 Å². The number of halogens is 1. The van der Waals surface area contributed by atoms with Gasteiger partial charge in [-0.05, 0) is 29.8 Å². The molecule has 1 rings (SSSR count). The fourth-order valence-corrected chi connectivity index (χ4v) is 2.13. The van der Waals surface area contributed by atoms with E-state index in [2.05, 4.69) is 20.9 Å². The summed E-state index contributed by atoms with van der Waals surface area (Å²) in [6.07, 6.45) is -0.314. The van der Waals surface area contributed by atoms with Crippen molar-refractivity contribution in [1.29, 1.82) is 0 Å². The van der Waals surface area contributed by atoms with Crippen molar-refractivity contribution in [3.8, 4) is 0 Å². The third kappa shape index (κ3) is 3.34. The first-order chi connectivity index (χ1) is 6.27. The molecule has 3 nitrogen and oxygen atoms in total. The van der Waals surface area contributed by atoms with Gasteiger partial charge < -0.3 is 9.47 Å². The predicted octanol–water partition coefficient (Wildman–Crippen LogP) is 2.98. The summed E-state index contributed by atoms with van der Waals surface area (Å²) in [5.74, 6) is 0. The van der Waals surface area contributed by atoms with Gasteiger partial charge in [0, 0.05) is 18.6 Å². The van der Waals surface area contributed by atoms with Crippen LogP contribution in [0.15, 0.2) is 9.98 Å². The smallest absolute Gasteiger partial charge is 0.210 e. The highest BCUT2D eigenvalue weighted by Gasteiger charge is 2.14. The van der Waals surface area contributed by atoms with Gasteiger partial charge in [-0.25, -0.2) is 4.98 Å².